The Morgan fingerprint density at radius 1 is 1.25 bits per heavy atom. The van der Waals surface area contributed by atoms with Crippen LogP contribution in [0.4, 0.5) is 15.3 Å². The molecule has 0 aliphatic heterocycles. The number of hydrogen-bond donors (Lipinski definition) is 3. The highest BCUT2D eigenvalue weighted by Crippen LogP contribution is 2.15. The molecule has 20 heavy (non-hydrogen) atoms. The van der Waals surface area contributed by atoms with Crippen LogP contribution < -0.4 is 20.9 Å². The fourth-order valence-electron chi connectivity index (χ4n) is 1.20. The van der Waals surface area contributed by atoms with Gasteiger partial charge >= 0.3 is 12.1 Å². The number of carbonyl (C=O) groups excluding carboxylic acids is 2. The smallest absolute Gasteiger partial charge is 0.426 e. The monoisotopic (exact) mass is 277 g/mol. The lowest BCUT2D eigenvalue weighted by Crippen LogP contribution is -2.44. The van der Waals surface area contributed by atoms with Crippen LogP contribution in [0.25, 0.3) is 0 Å². The van der Waals surface area contributed by atoms with Crippen molar-refractivity contribution in [3.05, 3.63) is 24.3 Å². The minimum absolute atomic E-state index is 0.177. The van der Waals surface area contributed by atoms with E-state index < -0.39 is 12.1 Å². The number of anilines is 1. The van der Waals surface area contributed by atoms with E-state index in [0.29, 0.717) is 11.4 Å². The first-order valence-corrected chi connectivity index (χ1v) is 5.81. The molecule has 0 atom stereocenters. The van der Waals surface area contributed by atoms with Crippen molar-refractivity contribution in [2.45, 2.75) is 6.92 Å². The van der Waals surface area contributed by atoms with Gasteiger partial charge in [-0.05, 0) is 31.2 Å². The Morgan fingerprint density at radius 2 is 1.95 bits per heavy atom. The third kappa shape index (κ3) is 5.64. The molecule has 0 aliphatic rings. The molecule has 0 saturated heterocycles. The van der Waals surface area contributed by atoms with Crippen molar-refractivity contribution < 1.29 is 19.1 Å². The predicted molar refractivity (Wildman–Crippen MR) is 73.1 cm³/mol. The van der Waals surface area contributed by atoms with E-state index in [1.165, 1.54) is 0 Å². The van der Waals surface area contributed by atoms with Gasteiger partial charge in [0, 0.05) is 5.69 Å². The Kier molecular flexibility index (Phi) is 6.27. The van der Waals surface area contributed by atoms with Gasteiger partial charge in [-0.2, -0.15) is 0 Å². The van der Waals surface area contributed by atoms with Gasteiger partial charge in [0.1, 0.15) is 12.4 Å². The number of rotatable bonds is 4. The van der Waals surface area contributed by atoms with Gasteiger partial charge in [0.05, 0.1) is 6.61 Å². The van der Waals surface area contributed by atoms with Crippen LogP contribution in [0, 0.1) is 12.3 Å². The summed E-state index contributed by atoms with van der Waals surface area (Å²) >= 11 is 0. The zero-order valence-electron chi connectivity index (χ0n) is 10.9. The number of nitrogens with one attached hydrogen (secondary N) is 3. The molecule has 1 rings (SSSR count). The fourth-order valence-corrected chi connectivity index (χ4v) is 1.20. The molecule has 0 heterocycles. The van der Waals surface area contributed by atoms with Crippen molar-refractivity contribution in [1.29, 1.82) is 0 Å². The summed E-state index contributed by atoms with van der Waals surface area (Å²) in [6.45, 7) is 2.05. The third-order valence-corrected chi connectivity index (χ3v) is 1.99. The SMILES string of the molecule is C#CCOc1ccc(NC(=O)NNC(=O)OCC)cc1. The highest BCUT2D eigenvalue weighted by molar-refractivity contribution is 5.90. The van der Waals surface area contributed by atoms with Gasteiger partial charge in [-0.15, -0.1) is 6.42 Å². The molecule has 7 nitrogen and oxygen atoms in total. The molecule has 0 aliphatic carbocycles. The van der Waals surface area contributed by atoms with E-state index in [9.17, 15) is 9.59 Å². The zero-order valence-corrected chi connectivity index (χ0v) is 10.9. The van der Waals surface area contributed by atoms with Crippen LogP contribution in [0.2, 0.25) is 0 Å². The van der Waals surface area contributed by atoms with E-state index in [-0.39, 0.29) is 13.2 Å². The first kappa shape index (κ1) is 15.2. The molecule has 0 bridgehead atoms. The van der Waals surface area contributed by atoms with Gasteiger partial charge in [0.2, 0.25) is 0 Å². The van der Waals surface area contributed by atoms with E-state index in [2.05, 4.69) is 26.8 Å². The van der Waals surface area contributed by atoms with Gasteiger partial charge in [-0.1, -0.05) is 5.92 Å². The molecule has 0 saturated carbocycles. The third-order valence-electron chi connectivity index (χ3n) is 1.99. The largest absolute Gasteiger partial charge is 0.481 e. The fraction of sp³-hybridized carbons (Fsp3) is 0.231. The van der Waals surface area contributed by atoms with Gasteiger partial charge in [-0.25, -0.2) is 20.4 Å². The van der Waals surface area contributed by atoms with E-state index in [4.69, 9.17) is 11.2 Å². The molecule has 0 spiro atoms. The number of hydrogen-bond acceptors (Lipinski definition) is 4. The number of ether oxygens (including phenoxy) is 2. The van der Waals surface area contributed by atoms with Gasteiger partial charge in [0.25, 0.3) is 0 Å². The lowest BCUT2D eigenvalue weighted by molar-refractivity contribution is 0.148. The van der Waals surface area contributed by atoms with E-state index in [0.717, 1.165) is 0 Å². The van der Waals surface area contributed by atoms with Crippen LogP contribution in [0.5, 0.6) is 5.75 Å². The number of hydrazine groups is 1. The maximum absolute atomic E-state index is 11.4. The summed E-state index contributed by atoms with van der Waals surface area (Å²) in [6, 6.07) is 5.98. The molecule has 3 amide bonds. The number of terminal acetylenes is 1. The molecule has 0 radical (unpaired) electrons. The van der Waals surface area contributed by atoms with Gasteiger partial charge in [0.15, 0.2) is 0 Å². The standard InChI is InChI=1S/C13H15N3O4/c1-3-9-20-11-7-5-10(6-8-11)14-12(17)15-16-13(18)19-4-2/h1,5-8H,4,9H2,2H3,(H,16,18)(H2,14,15,17). The van der Waals surface area contributed by atoms with Crippen molar-refractivity contribution in [3.8, 4) is 18.1 Å². The van der Waals surface area contributed by atoms with Crippen LogP contribution in [-0.4, -0.2) is 25.3 Å². The molecule has 1 aromatic rings. The van der Waals surface area contributed by atoms with Crippen molar-refractivity contribution in [1.82, 2.24) is 10.9 Å². The second-order valence-electron chi connectivity index (χ2n) is 3.44. The minimum Gasteiger partial charge on any atom is -0.481 e. The summed E-state index contributed by atoms with van der Waals surface area (Å²) in [5.41, 5.74) is 4.73. The summed E-state index contributed by atoms with van der Waals surface area (Å²) in [7, 11) is 0. The Morgan fingerprint density at radius 3 is 2.55 bits per heavy atom. The Labute approximate surface area is 116 Å². The van der Waals surface area contributed by atoms with E-state index in [1.54, 1.807) is 31.2 Å². The second-order valence-corrected chi connectivity index (χ2v) is 3.44. The molecular weight excluding hydrogens is 262 g/mol. The normalized spacial score (nSPS) is 9.00. The summed E-state index contributed by atoms with van der Waals surface area (Å²) in [6.07, 6.45) is 4.33. The first-order chi connectivity index (χ1) is 9.65. The lowest BCUT2D eigenvalue weighted by atomic mass is 10.3. The number of urea groups is 1. The highest BCUT2D eigenvalue weighted by Gasteiger charge is 2.04. The van der Waals surface area contributed by atoms with E-state index in [1.807, 2.05) is 0 Å². The van der Waals surface area contributed by atoms with Crippen LogP contribution in [-0.2, 0) is 4.74 Å². The zero-order chi connectivity index (χ0) is 14.8. The lowest BCUT2D eigenvalue weighted by Gasteiger charge is -2.09. The summed E-state index contributed by atoms with van der Waals surface area (Å²) in [4.78, 5) is 22.4. The molecular formula is C13H15N3O4. The Balaban J connectivity index is 2.38. The maximum Gasteiger partial charge on any atom is 0.426 e. The molecule has 0 fully saturated rings. The van der Waals surface area contributed by atoms with Crippen molar-refractivity contribution in [2.75, 3.05) is 18.5 Å². The maximum atomic E-state index is 11.4. The van der Waals surface area contributed by atoms with Crippen molar-refractivity contribution in [2.24, 2.45) is 0 Å². The molecule has 1 aromatic carbocycles. The Bertz CT molecular complexity index is 493. The molecule has 0 unspecified atom stereocenters. The Hall–Kier alpha value is -2.88. The number of benzene rings is 1. The van der Waals surface area contributed by atoms with Crippen LogP contribution >= 0.6 is 0 Å². The predicted octanol–water partition coefficient (Wildman–Crippen LogP) is 1.48. The molecule has 106 valence electrons. The van der Waals surface area contributed by atoms with Crippen molar-refractivity contribution >= 4 is 17.8 Å². The molecule has 3 N–H and O–H groups in total. The molecule has 7 heteroatoms. The summed E-state index contributed by atoms with van der Waals surface area (Å²) in [5.74, 6) is 2.94. The van der Waals surface area contributed by atoms with Crippen LogP contribution in [0.1, 0.15) is 6.92 Å². The average molecular weight is 277 g/mol. The topological polar surface area (TPSA) is 88.7 Å². The van der Waals surface area contributed by atoms with Crippen LogP contribution in [0.15, 0.2) is 24.3 Å². The second kappa shape index (κ2) is 8.26. The van der Waals surface area contributed by atoms with Crippen molar-refractivity contribution in [3.63, 3.8) is 0 Å². The average Bonchev–Trinajstić information content (AvgIpc) is 2.45. The van der Waals surface area contributed by atoms with Gasteiger partial charge in [-0.3, -0.25) is 0 Å². The molecule has 0 aromatic heterocycles. The summed E-state index contributed by atoms with van der Waals surface area (Å²) < 4.78 is 9.75. The van der Waals surface area contributed by atoms with E-state index >= 15 is 0 Å². The number of amides is 3. The summed E-state index contributed by atoms with van der Waals surface area (Å²) in [5, 5.41) is 2.51. The first-order valence-electron chi connectivity index (χ1n) is 5.81. The number of carbonyl (C=O) groups is 2. The highest BCUT2D eigenvalue weighted by atomic mass is 16.6. The quantitative estimate of drug-likeness (QED) is 0.574. The minimum atomic E-state index is -0.735. The van der Waals surface area contributed by atoms with Gasteiger partial charge < -0.3 is 14.8 Å². The van der Waals surface area contributed by atoms with Crippen LogP contribution in [0.3, 0.4) is 0 Å².